The second-order valence-corrected chi connectivity index (χ2v) is 4.30. The van der Waals surface area contributed by atoms with Gasteiger partial charge in [-0.2, -0.15) is 0 Å². The van der Waals surface area contributed by atoms with Crippen molar-refractivity contribution < 1.29 is 4.79 Å². The summed E-state index contributed by atoms with van der Waals surface area (Å²) in [5, 5.41) is 5.99. The quantitative estimate of drug-likeness (QED) is 0.787. The van der Waals surface area contributed by atoms with Gasteiger partial charge in [0.1, 0.15) is 0 Å². The first-order valence-electron chi connectivity index (χ1n) is 6.18. The highest BCUT2D eigenvalue weighted by molar-refractivity contribution is 5.78. The number of nitrogens with one attached hydrogen (secondary N) is 2. The number of hydrogen-bond acceptors (Lipinski definition) is 2. The minimum Gasteiger partial charge on any atom is -0.352 e. The number of amides is 1. The molecule has 1 unspecified atom stereocenters. The highest BCUT2D eigenvalue weighted by Crippen LogP contribution is 2.09. The lowest BCUT2D eigenvalue weighted by molar-refractivity contribution is -0.124. The van der Waals surface area contributed by atoms with Gasteiger partial charge in [0.05, 0.1) is 0 Å². The molecule has 1 rings (SSSR count). The van der Waals surface area contributed by atoms with Gasteiger partial charge in [0.2, 0.25) is 5.91 Å². The third-order valence-electron chi connectivity index (χ3n) is 2.91. The highest BCUT2D eigenvalue weighted by Gasteiger charge is 2.11. The molecule has 2 N–H and O–H groups in total. The molecule has 0 radical (unpaired) electrons. The van der Waals surface area contributed by atoms with E-state index in [-0.39, 0.29) is 11.8 Å². The first-order chi connectivity index (χ1) is 8.19. The van der Waals surface area contributed by atoms with E-state index < -0.39 is 0 Å². The summed E-state index contributed by atoms with van der Waals surface area (Å²) < 4.78 is 0. The Bertz CT molecular complexity index is 363. The maximum atomic E-state index is 11.8. The smallest absolute Gasteiger partial charge is 0.224 e. The fraction of sp³-hybridized carbons (Fsp3) is 0.500. The molecule has 1 atom stereocenters. The molecule has 1 amide bonds. The van der Waals surface area contributed by atoms with Gasteiger partial charge >= 0.3 is 0 Å². The zero-order valence-electron chi connectivity index (χ0n) is 10.9. The fourth-order valence-corrected chi connectivity index (χ4v) is 1.83. The van der Waals surface area contributed by atoms with Crippen molar-refractivity contribution in [3.63, 3.8) is 0 Å². The highest BCUT2D eigenvalue weighted by atomic mass is 16.1. The largest absolute Gasteiger partial charge is 0.352 e. The number of hydrogen-bond donors (Lipinski definition) is 2. The van der Waals surface area contributed by atoms with Crippen LogP contribution in [-0.4, -0.2) is 19.5 Å². The fourth-order valence-electron chi connectivity index (χ4n) is 1.83. The van der Waals surface area contributed by atoms with E-state index >= 15 is 0 Å². The van der Waals surface area contributed by atoms with Gasteiger partial charge in [0, 0.05) is 19.0 Å². The Labute approximate surface area is 104 Å². The zero-order valence-corrected chi connectivity index (χ0v) is 10.9. The van der Waals surface area contributed by atoms with E-state index in [0.717, 1.165) is 6.42 Å². The predicted molar refractivity (Wildman–Crippen MR) is 70.8 cm³/mol. The molecule has 0 fully saturated rings. The molecule has 17 heavy (non-hydrogen) atoms. The molecule has 3 heteroatoms. The molecule has 1 aromatic rings. The van der Waals surface area contributed by atoms with Crippen molar-refractivity contribution >= 4 is 5.91 Å². The van der Waals surface area contributed by atoms with Crippen LogP contribution in [0, 0.1) is 5.92 Å². The molecular weight excluding hydrogens is 212 g/mol. The number of rotatable bonds is 6. The lowest BCUT2D eigenvalue weighted by Crippen LogP contribution is -2.34. The van der Waals surface area contributed by atoms with E-state index in [0.29, 0.717) is 13.1 Å². The molecule has 3 nitrogen and oxygen atoms in total. The summed E-state index contributed by atoms with van der Waals surface area (Å²) in [6.45, 7) is 5.39. The molecular formula is C14H22N2O. The van der Waals surface area contributed by atoms with Crippen LogP contribution < -0.4 is 10.6 Å². The molecule has 0 heterocycles. The Morgan fingerprint density at radius 2 is 1.94 bits per heavy atom. The first-order valence-corrected chi connectivity index (χ1v) is 6.18. The minimum absolute atomic E-state index is 0.00814. The van der Waals surface area contributed by atoms with Gasteiger partial charge in [-0.1, -0.05) is 38.1 Å². The number of carbonyl (C=O) groups is 1. The van der Waals surface area contributed by atoms with Crippen molar-refractivity contribution in [2.24, 2.45) is 5.92 Å². The Morgan fingerprint density at radius 1 is 1.29 bits per heavy atom. The van der Waals surface area contributed by atoms with E-state index in [1.54, 1.807) is 0 Å². The van der Waals surface area contributed by atoms with E-state index in [1.165, 1.54) is 11.1 Å². The average molecular weight is 234 g/mol. The maximum absolute atomic E-state index is 11.8. The third-order valence-corrected chi connectivity index (χ3v) is 2.91. The lowest BCUT2D eigenvalue weighted by Gasteiger charge is -2.13. The van der Waals surface area contributed by atoms with Crippen LogP contribution in [0.5, 0.6) is 0 Å². The van der Waals surface area contributed by atoms with Crippen LogP contribution in [-0.2, 0) is 17.8 Å². The molecule has 0 aliphatic rings. The van der Waals surface area contributed by atoms with Gasteiger partial charge in [-0.05, 0) is 24.6 Å². The Hall–Kier alpha value is -1.35. The normalized spacial score (nSPS) is 12.2. The standard InChI is InChI=1S/C14H22N2O/c1-4-12-7-5-6-8-13(12)10-16-14(17)11(2)9-15-3/h5-8,11,15H,4,9-10H2,1-3H3,(H,16,17). The average Bonchev–Trinajstić information content (AvgIpc) is 2.36. The van der Waals surface area contributed by atoms with Crippen LogP contribution in [0.4, 0.5) is 0 Å². The third kappa shape index (κ3) is 4.19. The van der Waals surface area contributed by atoms with Gasteiger partial charge in [-0.25, -0.2) is 0 Å². The molecule has 0 aliphatic carbocycles. The van der Waals surface area contributed by atoms with Crippen molar-refractivity contribution in [1.82, 2.24) is 10.6 Å². The topological polar surface area (TPSA) is 41.1 Å². The van der Waals surface area contributed by atoms with Crippen molar-refractivity contribution in [3.05, 3.63) is 35.4 Å². The summed E-state index contributed by atoms with van der Waals surface area (Å²) in [5.41, 5.74) is 2.51. The summed E-state index contributed by atoms with van der Waals surface area (Å²) in [6.07, 6.45) is 0.998. The lowest BCUT2D eigenvalue weighted by atomic mass is 10.0. The molecule has 0 saturated carbocycles. The van der Waals surface area contributed by atoms with Crippen molar-refractivity contribution in [1.29, 1.82) is 0 Å². The molecule has 94 valence electrons. The Kier molecular flexibility index (Phi) is 5.70. The monoisotopic (exact) mass is 234 g/mol. The molecule has 0 saturated heterocycles. The van der Waals surface area contributed by atoms with E-state index in [4.69, 9.17) is 0 Å². The zero-order chi connectivity index (χ0) is 12.7. The molecule has 1 aromatic carbocycles. The summed E-state index contributed by atoms with van der Waals surface area (Å²) >= 11 is 0. The van der Waals surface area contributed by atoms with Gasteiger partial charge in [-0.3, -0.25) is 4.79 Å². The number of benzene rings is 1. The summed E-state index contributed by atoms with van der Waals surface area (Å²) in [7, 11) is 1.86. The van der Waals surface area contributed by atoms with Crippen LogP contribution >= 0.6 is 0 Å². The van der Waals surface area contributed by atoms with E-state index in [1.807, 2.05) is 26.1 Å². The van der Waals surface area contributed by atoms with Gasteiger partial charge in [-0.15, -0.1) is 0 Å². The van der Waals surface area contributed by atoms with Crippen LogP contribution in [0.1, 0.15) is 25.0 Å². The molecule has 0 aromatic heterocycles. The van der Waals surface area contributed by atoms with Crippen molar-refractivity contribution in [3.8, 4) is 0 Å². The predicted octanol–water partition coefficient (Wildman–Crippen LogP) is 1.72. The van der Waals surface area contributed by atoms with Crippen LogP contribution in [0.3, 0.4) is 0 Å². The summed E-state index contributed by atoms with van der Waals surface area (Å²) in [4.78, 5) is 11.8. The Balaban J connectivity index is 2.52. The van der Waals surface area contributed by atoms with Gasteiger partial charge in [0.25, 0.3) is 0 Å². The SMILES string of the molecule is CCc1ccccc1CNC(=O)C(C)CNC. The Morgan fingerprint density at radius 3 is 2.53 bits per heavy atom. The number of aryl methyl sites for hydroxylation is 1. The molecule has 0 aliphatic heterocycles. The van der Waals surface area contributed by atoms with Crippen LogP contribution in [0.25, 0.3) is 0 Å². The number of carbonyl (C=O) groups excluding carboxylic acids is 1. The summed E-state index contributed by atoms with van der Waals surface area (Å²) in [6, 6.07) is 8.23. The van der Waals surface area contributed by atoms with Crippen molar-refractivity contribution in [2.75, 3.05) is 13.6 Å². The minimum atomic E-state index is 0.00814. The van der Waals surface area contributed by atoms with E-state index in [9.17, 15) is 4.79 Å². The van der Waals surface area contributed by atoms with Gasteiger partial charge in [0.15, 0.2) is 0 Å². The second kappa shape index (κ2) is 7.07. The summed E-state index contributed by atoms with van der Waals surface area (Å²) in [5.74, 6) is 0.110. The maximum Gasteiger partial charge on any atom is 0.224 e. The van der Waals surface area contributed by atoms with E-state index in [2.05, 4.69) is 29.7 Å². The molecule has 0 spiro atoms. The molecule has 0 bridgehead atoms. The second-order valence-electron chi connectivity index (χ2n) is 4.30. The van der Waals surface area contributed by atoms with Gasteiger partial charge < -0.3 is 10.6 Å². The van der Waals surface area contributed by atoms with Crippen LogP contribution in [0.2, 0.25) is 0 Å². The van der Waals surface area contributed by atoms with Crippen LogP contribution in [0.15, 0.2) is 24.3 Å². The first kappa shape index (κ1) is 13.7. The van der Waals surface area contributed by atoms with Crippen molar-refractivity contribution in [2.45, 2.75) is 26.8 Å².